The van der Waals surface area contributed by atoms with Crippen LogP contribution in [0.1, 0.15) is 26.7 Å². The summed E-state index contributed by atoms with van der Waals surface area (Å²) < 4.78 is 5.69. The fourth-order valence-electron chi connectivity index (χ4n) is 2.12. The highest BCUT2D eigenvalue weighted by atomic mass is 16.5. The average Bonchev–Trinajstić information content (AvgIpc) is 2.30. The Hall–Kier alpha value is -0.0800. The number of hydrogen-bond acceptors (Lipinski definition) is 2. The topological polar surface area (TPSA) is 12.5 Å². The van der Waals surface area contributed by atoms with Crippen LogP contribution in [0.2, 0.25) is 0 Å². The fraction of sp³-hybridized carbons (Fsp3) is 1.00. The third-order valence-electron chi connectivity index (χ3n) is 2.54. The summed E-state index contributed by atoms with van der Waals surface area (Å²) in [7, 11) is 4.26. The summed E-state index contributed by atoms with van der Waals surface area (Å²) in [5, 5.41) is 0. The van der Waals surface area contributed by atoms with Crippen LogP contribution in [-0.2, 0) is 4.74 Å². The maximum absolute atomic E-state index is 5.69. The summed E-state index contributed by atoms with van der Waals surface area (Å²) in [6.07, 6.45) is 2.89. The highest BCUT2D eigenvalue weighted by Gasteiger charge is 2.35. The molecule has 1 heterocycles. The van der Waals surface area contributed by atoms with Gasteiger partial charge in [-0.3, -0.25) is 0 Å². The molecule has 2 nitrogen and oxygen atoms in total. The van der Waals surface area contributed by atoms with E-state index in [2.05, 4.69) is 32.8 Å². The monoisotopic (exact) mass is 171 g/mol. The number of hydrogen-bond donors (Lipinski definition) is 0. The van der Waals surface area contributed by atoms with E-state index in [0.717, 1.165) is 19.6 Å². The van der Waals surface area contributed by atoms with Crippen molar-refractivity contribution in [2.24, 2.45) is 5.41 Å². The third kappa shape index (κ3) is 2.46. The van der Waals surface area contributed by atoms with Crippen LogP contribution in [0.15, 0.2) is 0 Å². The Kier molecular flexibility index (Phi) is 3.13. The first-order valence-corrected chi connectivity index (χ1v) is 4.82. The van der Waals surface area contributed by atoms with Gasteiger partial charge in [-0.15, -0.1) is 0 Å². The van der Waals surface area contributed by atoms with Gasteiger partial charge in [0.1, 0.15) is 0 Å². The summed E-state index contributed by atoms with van der Waals surface area (Å²) >= 11 is 0. The van der Waals surface area contributed by atoms with Crippen molar-refractivity contribution >= 4 is 0 Å². The van der Waals surface area contributed by atoms with E-state index in [0.29, 0.717) is 11.5 Å². The van der Waals surface area contributed by atoms with E-state index in [-0.39, 0.29) is 0 Å². The molecule has 1 rings (SSSR count). The molecule has 12 heavy (non-hydrogen) atoms. The van der Waals surface area contributed by atoms with Crippen molar-refractivity contribution in [3.8, 4) is 0 Å². The zero-order valence-electron chi connectivity index (χ0n) is 8.76. The molecule has 1 saturated heterocycles. The maximum Gasteiger partial charge on any atom is 0.0579 e. The number of ether oxygens (including phenoxy) is 1. The number of rotatable bonds is 3. The Labute approximate surface area is 75.9 Å². The summed E-state index contributed by atoms with van der Waals surface area (Å²) in [5.74, 6) is 0. The molecule has 0 aromatic heterocycles. The van der Waals surface area contributed by atoms with Gasteiger partial charge in [-0.25, -0.2) is 0 Å². The zero-order valence-corrected chi connectivity index (χ0v) is 8.76. The Balaban J connectivity index is 2.41. The molecule has 2 unspecified atom stereocenters. The van der Waals surface area contributed by atoms with Gasteiger partial charge in [0.15, 0.2) is 0 Å². The van der Waals surface area contributed by atoms with Crippen molar-refractivity contribution in [1.29, 1.82) is 0 Å². The molecule has 1 fully saturated rings. The van der Waals surface area contributed by atoms with E-state index in [1.54, 1.807) is 0 Å². The lowest BCUT2D eigenvalue weighted by Crippen LogP contribution is -2.31. The maximum atomic E-state index is 5.69. The van der Waals surface area contributed by atoms with E-state index in [4.69, 9.17) is 4.74 Å². The van der Waals surface area contributed by atoms with Crippen LogP contribution < -0.4 is 0 Å². The molecule has 0 saturated carbocycles. The van der Waals surface area contributed by atoms with E-state index in [1.165, 1.54) is 6.42 Å². The Morgan fingerprint density at radius 2 is 2.17 bits per heavy atom. The van der Waals surface area contributed by atoms with Gasteiger partial charge in [-0.05, 0) is 26.9 Å². The van der Waals surface area contributed by atoms with Crippen molar-refractivity contribution in [3.05, 3.63) is 0 Å². The summed E-state index contributed by atoms with van der Waals surface area (Å²) in [6, 6.07) is 0. The van der Waals surface area contributed by atoms with E-state index in [1.807, 2.05) is 0 Å². The van der Waals surface area contributed by atoms with Crippen LogP contribution in [0.25, 0.3) is 0 Å². The van der Waals surface area contributed by atoms with Gasteiger partial charge in [-0.1, -0.05) is 13.8 Å². The van der Waals surface area contributed by atoms with Crippen LogP contribution >= 0.6 is 0 Å². The summed E-state index contributed by atoms with van der Waals surface area (Å²) in [4.78, 5) is 2.25. The van der Waals surface area contributed by atoms with E-state index < -0.39 is 0 Å². The molecule has 0 radical (unpaired) electrons. The van der Waals surface area contributed by atoms with E-state index >= 15 is 0 Å². The average molecular weight is 171 g/mol. The molecule has 2 atom stereocenters. The Morgan fingerprint density at radius 1 is 1.50 bits per heavy atom. The largest absolute Gasteiger partial charge is 0.378 e. The van der Waals surface area contributed by atoms with Gasteiger partial charge in [0.25, 0.3) is 0 Å². The summed E-state index contributed by atoms with van der Waals surface area (Å²) in [5.41, 5.74) is 0.393. The molecule has 0 aromatic rings. The molecule has 0 bridgehead atoms. The molecule has 1 aliphatic rings. The highest BCUT2D eigenvalue weighted by molar-refractivity contribution is 4.85. The highest BCUT2D eigenvalue weighted by Crippen LogP contribution is 2.33. The van der Waals surface area contributed by atoms with Crippen LogP contribution in [0, 0.1) is 5.41 Å². The molecule has 0 N–H and O–H groups in total. The minimum absolute atomic E-state index is 0.393. The standard InChI is InChI=1S/C10H21NO/c1-5-9-6-10(2,8-12-9)7-11(3)4/h9H,5-8H2,1-4H3. The molecular formula is C10H21NO. The van der Waals surface area contributed by atoms with Crippen LogP contribution in [0.4, 0.5) is 0 Å². The minimum Gasteiger partial charge on any atom is -0.378 e. The van der Waals surface area contributed by atoms with Crippen LogP contribution in [-0.4, -0.2) is 38.3 Å². The Bertz CT molecular complexity index is 147. The third-order valence-corrected chi connectivity index (χ3v) is 2.54. The second-order valence-corrected chi connectivity index (χ2v) is 4.59. The second-order valence-electron chi connectivity index (χ2n) is 4.59. The zero-order chi connectivity index (χ0) is 9.19. The van der Waals surface area contributed by atoms with Gasteiger partial charge in [0.05, 0.1) is 12.7 Å². The first-order valence-electron chi connectivity index (χ1n) is 4.82. The van der Waals surface area contributed by atoms with Crippen molar-refractivity contribution in [3.63, 3.8) is 0 Å². The predicted octanol–water partition coefficient (Wildman–Crippen LogP) is 1.75. The van der Waals surface area contributed by atoms with Crippen molar-refractivity contribution < 1.29 is 4.74 Å². The van der Waals surface area contributed by atoms with Crippen LogP contribution in [0.5, 0.6) is 0 Å². The molecule has 0 aliphatic carbocycles. The predicted molar refractivity (Wildman–Crippen MR) is 51.3 cm³/mol. The van der Waals surface area contributed by atoms with Crippen LogP contribution in [0.3, 0.4) is 0 Å². The molecule has 0 aromatic carbocycles. The smallest absolute Gasteiger partial charge is 0.0579 e. The molecule has 0 amide bonds. The molecule has 0 spiro atoms. The van der Waals surface area contributed by atoms with Gasteiger partial charge in [0, 0.05) is 12.0 Å². The van der Waals surface area contributed by atoms with Crippen molar-refractivity contribution in [2.75, 3.05) is 27.2 Å². The van der Waals surface area contributed by atoms with E-state index in [9.17, 15) is 0 Å². The SMILES string of the molecule is CCC1CC(C)(CN(C)C)CO1. The Morgan fingerprint density at radius 3 is 2.58 bits per heavy atom. The quantitative estimate of drug-likeness (QED) is 0.641. The fourth-order valence-corrected chi connectivity index (χ4v) is 2.12. The van der Waals surface area contributed by atoms with Crippen molar-refractivity contribution in [2.45, 2.75) is 32.8 Å². The molecular weight excluding hydrogens is 150 g/mol. The minimum atomic E-state index is 0.393. The number of nitrogens with zero attached hydrogens (tertiary/aromatic N) is 1. The lowest BCUT2D eigenvalue weighted by atomic mass is 9.87. The normalized spacial score (nSPS) is 36.2. The first-order chi connectivity index (χ1) is 5.56. The molecule has 2 heteroatoms. The molecule has 1 aliphatic heterocycles. The van der Waals surface area contributed by atoms with Gasteiger partial charge >= 0.3 is 0 Å². The van der Waals surface area contributed by atoms with Crippen molar-refractivity contribution in [1.82, 2.24) is 4.90 Å². The van der Waals surface area contributed by atoms with Gasteiger partial charge in [0.2, 0.25) is 0 Å². The van der Waals surface area contributed by atoms with Gasteiger partial charge < -0.3 is 9.64 Å². The first kappa shape index (κ1) is 10.0. The second kappa shape index (κ2) is 3.75. The lowest BCUT2D eigenvalue weighted by molar-refractivity contribution is 0.0897. The summed E-state index contributed by atoms with van der Waals surface area (Å²) in [6.45, 7) is 6.60. The van der Waals surface area contributed by atoms with Gasteiger partial charge in [-0.2, -0.15) is 0 Å². The lowest BCUT2D eigenvalue weighted by Gasteiger charge is -2.25. The molecule has 72 valence electrons.